The van der Waals surface area contributed by atoms with Crippen LogP contribution in [0.1, 0.15) is 16.1 Å². The van der Waals surface area contributed by atoms with Gasteiger partial charge in [0.1, 0.15) is 5.75 Å². The van der Waals surface area contributed by atoms with Crippen molar-refractivity contribution in [1.29, 1.82) is 0 Å². The number of pyridine rings is 1. The highest BCUT2D eigenvalue weighted by molar-refractivity contribution is 6.17. The van der Waals surface area contributed by atoms with Crippen molar-refractivity contribution in [3.63, 3.8) is 0 Å². The fourth-order valence-electron chi connectivity index (χ4n) is 1.41. The minimum absolute atomic E-state index is 0.0842. The second-order valence-corrected chi connectivity index (χ2v) is 3.82. The lowest BCUT2D eigenvalue weighted by Gasteiger charge is -2.07. The quantitative estimate of drug-likeness (QED) is 0.860. The van der Waals surface area contributed by atoms with Crippen LogP contribution in [-0.2, 0) is 5.88 Å². The molecule has 92 valence electrons. The van der Waals surface area contributed by atoms with Crippen molar-refractivity contribution >= 4 is 17.6 Å². The third-order valence-electron chi connectivity index (χ3n) is 2.20. The zero-order chi connectivity index (χ0) is 13.0. The lowest BCUT2D eigenvalue weighted by Crippen LogP contribution is -2.02. The first kappa shape index (κ1) is 12.4. The van der Waals surface area contributed by atoms with Gasteiger partial charge in [-0.3, -0.25) is 0 Å². The Hall–Kier alpha value is -2.07. The maximum Gasteiger partial charge on any atom is 0.354 e. The number of hydrogen-bond donors (Lipinski definition) is 1. The van der Waals surface area contributed by atoms with E-state index < -0.39 is 5.97 Å². The van der Waals surface area contributed by atoms with E-state index in [0.29, 0.717) is 11.3 Å². The Morgan fingerprint density at radius 2 is 2.00 bits per heavy atom. The fourth-order valence-corrected chi connectivity index (χ4v) is 1.56. The Morgan fingerprint density at radius 1 is 1.28 bits per heavy atom. The minimum atomic E-state index is -1.11. The highest BCUT2D eigenvalue weighted by Gasteiger charge is 2.10. The molecule has 18 heavy (non-hydrogen) atoms. The molecule has 0 atom stereocenters. The van der Waals surface area contributed by atoms with E-state index in [1.165, 1.54) is 6.07 Å². The first-order chi connectivity index (χ1) is 8.69. The van der Waals surface area contributed by atoms with Crippen LogP contribution in [-0.4, -0.2) is 16.1 Å². The molecular weight excluding hydrogens is 254 g/mol. The molecular formula is C13H10ClNO3. The molecule has 0 aliphatic heterocycles. The van der Waals surface area contributed by atoms with Gasteiger partial charge in [-0.1, -0.05) is 18.2 Å². The zero-order valence-corrected chi connectivity index (χ0v) is 10.1. The minimum Gasteiger partial charge on any atom is -0.477 e. The Kier molecular flexibility index (Phi) is 3.79. The van der Waals surface area contributed by atoms with Gasteiger partial charge in [-0.05, 0) is 23.8 Å². The van der Waals surface area contributed by atoms with Gasteiger partial charge in [0.25, 0.3) is 0 Å². The van der Waals surface area contributed by atoms with Gasteiger partial charge >= 0.3 is 5.97 Å². The van der Waals surface area contributed by atoms with Crippen molar-refractivity contribution in [2.45, 2.75) is 5.88 Å². The van der Waals surface area contributed by atoms with E-state index in [9.17, 15) is 4.79 Å². The zero-order valence-electron chi connectivity index (χ0n) is 9.34. The molecule has 1 heterocycles. The Labute approximate surface area is 109 Å². The van der Waals surface area contributed by atoms with Crippen molar-refractivity contribution in [1.82, 2.24) is 4.98 Å². The maximum atomic E-state index is 10.9. The van der Waals surface area contributed by atoms with Crippen molar-refractivity contribution < 1.29 is 14.6 Å². The highest BCUT2D eigenvalue weighted by Crippen LogP contribution is 2.21. The number of para-hydroxylation sites is 1. The van der Waals surface area contributed by atoms with Crippen LogP contribution < -0.4 is 4.74 Å². The smallest absolute Gasteiger partial charge is 0.354 e. The number of nitrogens with zero attached hydrogens (tertiary/aromatic N) is 1. The van der Waals surface area contributed by atoms with Gasteiger partial charge < -0.3 is 9.84 Å². The number of hydrogen-bond acceptors (Lipinski definition) is 3. The predicted octanol–water partition coefficient (Wildman–Crippen LogP) is 3.31. The average Bonchev–Trinajstić information content (AvgIpc) is 2.39. The number of benzene rings is 1. The summed E-state index contributed by atoms with van der Waals surface area (Å²) in [5, 5.41) is 8.93. The van der Waals surface area contributed by atoms with Crippen molar-refractivity contribution in [3.05, 3.63) is 53.7 Å². The van der Waals surface area contributed by atoms with Gasteiger partial charge in [-0.2, -0.15) is 0 Å². The number of carbonyl (C=O) groups is 1. The molecule has 2 aromatic rings. The summed E-state index contributed by atoms with van der Waals surface area (Å²) in [6.07, 6.45) is 0. The third kappa shape index (κ3) is 2.99. The summed E-state index contributed by atoms with van der Waals surface area (Å²) < 4.78 is 5.48. The molecule has 0 unspecified atom stereocenters. The molecule has 0 bridgehead atoms. The third-order valence-corrected chi connectivity index (χ3v) is 2.51. The Morgan fingerprint density at radius 3 is 2.61 bits per heavy atom. The van der Waals surface area contributed by atoms with Crippen molar-refractivity contribution in [2.24, 2.45) is 0 Å². The van der Waals surface area contributed by atoms with Crippen LogP contribution in [0.15, 0.2) is 42.5 Å². The summed E-state index contributed by atoms with van der Waals surface area (Å²) in [5.41, 5.74) is 0.564. The molecule has 0 aliphatic carbocycles. The molecule has 1 N–H and O–H groups in total. The van der Waals surface area contributed by atoms with Gasteiger partial charge in [0.05, 0.1) is 0 Å². The largest absolute Gasteiger partial charge is 0.477 e. The summed E-state index contributed by atoms with van der Waals surface area (Å²) in [5.74, 6) is -0.0989. The van der Waals surface area contributed by atoms with Gasteiger partial charge in [-0.15, -0.1) is 11.6 Å². The lowest BCUT2D eigenvalue weighted by atomic mass is 10.2. The van der Waals surface area contributed by atoms with Crippen LogP contribution in [0.4, 0.5) is 0 Å². The van der Waals surface area contributed by atoms with Gasteiger partial charge in [0.15, 0.2) is 5.69 Å². The van der Waals surface area contributed by atoms with E-state index in [0.717, 1.165) is 0 Å². The van der Waals surface area contributed by atoms with Crippen LogP contribution in [0.5, 0.6) is 11.6 Å². The summed E-state index contributed by atoms with van der Waals surface area (Å²) in [4.78, 5) is 14.8. The van der Waals surface area contributed by atoms with Crippen LogP contribution in [0.2, 0.25) is 0 Å². The van der Waals surface area contributed by atoms with E-state index in [1.807, 2.05) is 18.2 Å². The lowest BCUT2D eigenvalue weighted by molar-refractivity contribution is 0.0689. The summed E-state index contributed by atoms with van der Waals surface area (Å²) in [7, 11) is 0. The Bertz CT molecular complexity index is 557. The molecule has 2 rings (SSSR count). The van der Waals surface area contributed by atoms with Crippen LogP contribution in [0.25, 0.3) is 0 Å². The van der Waals surface area contributed by atoms with Gasteiger partial charge in [0, 0.05) is 11.9 Å². The second-order valence-electron chi connectivity index (χ2n) is 3.55. The monoisotopic (exact) mass is 263 g/mol. The van der Waals surface area contributed by atoms with E-state index in [4.69, 9.17) is 21.4 Å². The summed E-state index contributed by atoms with van der Waals surface area (Å²) >= 11 is 5.70. The summed E-state index contributed by atoms with van der Waals surface area (Å²) in [6.45, 7) is 0. The number of carboxylic acids is 1. The molecule has 0 radical (unpaired) electrons. The molecule has 1 aromatic carbocycles. The number of aromatic nitrogens is 1. The standard InChI is InChI=1S/C13H10ClNO3/c14-8-9-6-11(13(16)17)15-12(7-9)18-10-4-2-1-3-5-10/h1-7H,8H2,(H,16,17). The summed E-state index contributed by atoms with van der Waals surface area (Å²) in [6, 6.07) is 12.1. The van der Waals surface area contributed by atoms with Crippen LogP contribution in [0, 0.1) is 0 Å². The maximum absolute atomic E-state index is 10.9. The average molecular weight is 264 g/mol. The number of rotatable bonds is 4. The molecule has 0 aliphatic rings. The van der Waals surface area contributed by atoms with Gasteiger partial charge in [0.2, 0.25) is 5.88 Å². The number of carboxylic acid groups (broad SMARTS) is 1. The van der Waals surface area contributed by atoms with Gasteiger partial charge in [-0.25, -0.2) is 9.78 Å². The Balaban J connectivity index is 2.32. The normalized spacial score (nSPS) is 10.1. The molecule has 4 nitrogen and oxygen atoms in total. The highest BCUT2D eigenvalue weighted by atomic mass is 35.5. The molecule has 0 fully saturated rings. The molecule has 0 saturated carbocycles. The SMILES string of the molecule is O=C(O)c1cc(CCl)cc(Oc2ccccc2)n1. The van der Waals surface area contributed by atoms with Crippen LogP contribution in [0.3, 0.4) is 0 Å². The number of aromatic carboxylic acids is 1. The van der Waals surface area contributed by atoms with Crippen LogP contribution >= 0.6 is 11.6 Å². The van der Waals surface area contributed by atoms with Crippen molar-refractivity contribution in [2.75, 3.05) is 0 Å². The molecule has 0 saturated heterocycles. The number of alkyl halides is 1. The first-order valence-electron chi connectivity index (χ1n) is 5.22. The predicted molar refractivity (Wildman–Crippen MR) is 67.3 cm³/mol. The molecule has 1 aromatic heterocycles. The first-order valence-corrected chi connectivity index (χ1v) is 5.75. The fraction of sp³-hybridized carbons (Fsp3) is 0.0769. The number of halogens is 1. The molecule has 5 heteroatoms. The molecule has 0 amide bonds. The molecule has 0 spiro atoms. The van der Waals surface area contributed by atoms with E-state index in [1.54, 1.807) is 18.2 Å². The number of ether oxygens (including phenoxy) is 1. The van der Waals surface area contributed by atoms with E-state index >= 15 is 0 Å². The van der Waals surface area contributed by atoms with E-state index in [-0.39, 0.29) is 17.5 Å². The second kappa shape index (κ2) is 5.51. The topological polar surface area (TPSA) is 59.4 Å². The van der Waals surface area contributed by atoms with Crippen molar-refractivity contribution in [3.8, 4) is 11.6 Å². The van der Waals surface area contributed by atoms with E-state index in [2.05, 4.69) is 4.98 Å².